The summed E-state index contributed by atoms with van der Waals surface area (Å²) in [6, 6.07) is 14.6. The monoisotopic (exact) mass is 325 g/mol. The predicted octanol–water partition coefficient (Wildman–Crippen LogP) is 3.92. The molecule has 24 heavy (non-hydrogen) atoms. The normalized spacial score (nSPS) is 14.0. The Kier molecular flexibility index (Phi) is 5.47. The Morgan fingerprint density at radius 1 is 1.08 bits per heavy atom. The summed E-state index contributed by atoms with van der Waals surface area (Å²) in [5.74, 6) is 0.883. The van der Waals surface area contributed by atoms with Gasteiger partial charge in [0.1, 0.15) is 5.75 Å². The minimum absolute atomic E-state index is 0.883. The number of nitrogen functional groups attached to an aromatic ring is 1. The van der Waals surface area contributed by atoms with E-state index < -0.39 is 0 Å². The van der Waals surface area contributed by atoms with E-state index in [1.165, 1.54) is 24.1 Å². The molecule has 2 aromatic carbocycles. The van der Waals surface area contributed by atoms with Crippen LogP contribution in [0.3, 0.4) is 0 Å². The van der Waals surface area contributed by atoms with Gasteiger partial charge in [0.25, 0.3) is 0 Å². The van der Waals surface area contributed by atoms with Gasteiger partial charge in [-0.3, -0.25) is 0 Å². The number of anilines is 3. The van der Waals surface area contributed by atoms with Crippen LogP contribution >= 0.6 is 0 Å². The van der Waals surface area contributed by atoms with Crippen molar-refractivity contribution in [3.8, 4) is 5.75 Å². The quantitative estimate of drug-likeness (QED) is 0.598. The van der Waals surface area contributed by atoms with E-state index in [2.05, 4.69) is 28.4 Å². The summed E-state index contributed by atoms with van der Waals surface area (Å²) in [4.78, 5) is 2.39. The SMILES string of the molecule is COc1ccc(NCCCc2ccc(N3CCCC3)c(N)c2)cc1. The highest BCUT2D eigenvalue weighted by molar-refractivity contribution is 5.68. The molecule has 0 amide bonds. The van der Waals surface area contributed by atoms with Crippen molar-refractivity contribution < 1.29 is 4.74 Å². The molecule has 0 aromatic heterocycles. The lowest BCUT2D eigenvalue weighted by molar-refractivity contribution is 0.415. The molecule has 3 rings (SSSR count). The summed E-state index contributed by atoms with van der Waals surface area (Å²) in [6.07, 6.45) is 4.67. The molecule has 1 saturated heterocycles. The lowest BCUT2D eigenvalue weighted by atomic mass is 10.1. The first-order valence-corrected chi connectivity index (χ1v) is 8.77. The Morgan fingerprint density at radius 3 is 2.50 bits per heavy atom. The van der Waals surface area contributed by atoms with Crippen LogP contribution in [0.15, 0.2) is 42.5 Å². The Balaban J connectivity index is 1.46. The lowest BCUT2D eigenvalue weighted by Gasteiger charge is -2.20. The van der Waals surface area contributed by atoms with Crippen LogP contribution in [0.4, 0.5) is 17.1 Å². The van der Waals surface area contributed by atoms with Gasteiger partial charge in [-0.15, -0.1) is 0 Å². The summed E-state index contributed by atoms with van der Waals surface area (Å²) in [5, 5.41) is 3.44. The molecule has 1 aliphatic heterocycles. The third-order valence-corrected chi connectivity index (χ3v) is 4.60. The molecule has 0 atom stereocenters. The molecule has 0 aliphatic carbocycles. The van der Waals surface area contributed by atoms with Crippen LogP contribution < -0.4 is 20.7 Å². The lowest BCUT2D eigenvalue weighted by Crippen LogP contribution is -2.19. The highest BCUT2D eigenvalue weighted by Crippen LogP contribution is 2.28. The third-order valence-electron chi connectivity index (χ3n) is 4.60. The minimum Gasteiger partial charge on any atom is -0.497 e. The van der Waals surface area contributed by atoms with E-state index in [1.807, 2.05) is 24.3 Å². The summed E-state index contributed by atoms with van der Waals surface area (Å²) in [6.45, 7) is 3.21. The molecule has 0 spiro atoms. The molecule has 0 unspecified atom stereocenters. The first-order valence-electron chi connectivity index (χ1n) is 8.77. The van der Waals surface area contributed by atoms with Crippen molar-refractivity contribution in [1.29, 1.82) is 0 Å². The molecule has 3 N–H and O–H groups in total. The van der Waals surface area contributed by atoms with Gasteiger partial charge >= 0.3 is 0 Å². The summed E-state index contributed by atoms with van der Waals surface area (Å²) < 4.78 is 5.17. The fourth-order valence-corrected chi connectivity index (χ4v) is 3.24. The van der Waals surface area contributed by atoms with Gasteiger partial charge in [0.15, 0.2) is 0 Å². The second-order valence-corrected chi connectivity index (χ2v) is 6.35. The molecule has 0 radical (unpaired) electrons. The molecule has 0 bridgehead atoms. The molecule has 4 heteroatoms. The van der Waals surface area contributed by atoms with Crippen LogP contribution in [0.5, 0.6) is 5.75 Å². The van der Waals surface area contributed by atoms with Crippen LogP contribution in [-0.4, -0.2) is 26.7 Å². The van der Waals surface area contributed by atoms with Gasteiger partial charge in [0.2, 0.25) is 0 Å². The maximum absolute atomic E-state index is 6.25. The van der Waals surface area contributed by atoms with E-state index >= 15 is 0 Å². The molecule has 2 aromatic rings. The zero-order valence-corrected chi connectivity index (χ0v) is 14.4. The van der Waals surface area contributed by atoms with Gasteiger partial charge in [-0.2, -0.15) is 0 Å². The number of aryl methyl sites for hydroxylation is 1. The van der Waals surface area contributed by atoms with Crippen LogP contribution in [0.25, 0.3) is 0 Å². The van der Waals surface area contributed by atoms with Crippen molar-refractivity contribution in [3.05, 3.63) is 48.0 Å². The molecule has 1 aliphatic rings. The summed E-state index contributed by atoms with van der Waals surface area (Å²) >= 11 is 0. The number of nitrogens with zero attached hydrogens (tertiary/aromatic N) is 1. The third kappa shape index (κ3) is 4.13. The summed E-state index contributed by atoms with van der Waals surface area (Å²) in [7, 11) is 1.68. The van der Waals surface area contributed by atoms with Gasteiger partial charge < -0.3 is 20.7 Å². The molecule has 1 fully saturated rings. The van der Waals surface area contributed by atoms with Crippen LogP contribution in [0.1, 0.15) is 24.8 Å². The number of methoxy groups -OCH3 is 1. The van der Waals surface area contributed by atoms with Crippen LogP contribution in [0, 0.1) is 0 Å². The maximum Gasteiger partial charge on any atom is 0.119 e. The van der Waals surface area contributed by atoms with E-state index in [-0.39, 0.29) is 0 Å². The van der Waals surface area contributed by atoms with Gasteiger partial charge in [0.05, 0.1) is 18.5 Å². The zero-order chi connectivity index (χ0) is 16.8. The molecule has 4 nitrogen and oxygen atoms in total. The number of hydrogen-bond donors (Lipinski definition) is 2. The van der Waals surface area contributed by atoms with Gasteiger partial charge in [-0.05, 0) is 67.6 Å². The topological polar surface area (TPSA) is 50.5 Å². The van der Waals surface area contributed by atoms with Crippen molar-refractivity contribution in [2.45, 2.75) is 25.7 Å². The van der Waals surface area contributed by atoms with E-state index in [0.29, 0.717) is 0 Å². The number of rotatable bonds is 7. The molecule has 128 valence electrons. The Labute approximate surface area is 144 Å². The van der Waals surface area contributed by atoms with E-state index in [9.17, 15) is 0 Å². The van der Waals surface area contributed by atoms with Gasteiger partial charge in [-0.1, -0.05) is 6.07 Å². The standard InChI is InChI=1S/C20H27N3O/c1-24-18-9-7-17(8-10-18)22-12-4-5-16-6-11-20(19(21)15-16)23-13-2-3-14-23/h6-11,15,22H,2-5,12-14,21H2,1H3. The number of nitrogens with one attached hydrogen (secondary N) is 1. The number of ether oxygens (including phenoxy) is 1. The highest BCUT2D eigenvalue weighted by atomic mass is 16.5. The minimum atomic E-state index is 0.883. The number of benzene rings is 2. The highest BCUT2D eigenvalue weighted by Gasteiger charge is 2.14. The van der Waals surface area contributed by atoms with E-state index in [1.54, 1.807) is 7.11 Å². The molecular weight excluding hydrogens is 298 g/mol. The fraction of sp³-hybridized carbons (Fsp3) is 0.400. The average molecular weight is 325 g/mol. The first kappa shape index (κ1) is 16.5. The maximum atomic E-state index is 6.25. The van der Waals surface area contributed by atoms with E-state index in [4.69, 9.17) is 10.5 Å². The summed E-state index contributed by atoms with van der Waals surface area (Å²) in [5.41, 5.74) is 10.8. The molecule has 1 heterocycles. The average Bonchev–Trinajstić information content (AvgIpc) is 3.14. The Bertz CT molecular complexity index is 648. The Morgan fingerprint density at radius 2 is 1.83 bits per heavy atom. The van der Waals surface area contributed by atoms with Gasteiger partial charge in [-0.25, -0.2) is 0 Å². The largest absolute Gasteiger partial charge is 0.497 e. The fourth-order valence-electron chi connectivity index (χ4n) is 3.24. The van der Waals surface area contributed by atoms with Crippen molar-refractivity contribution >= 4 is 17.1 Å². The second kappa shape index (κ2) is 7.95. The van der Waals surface area contributed by atoms with Crippen molar-refractivity contribution in [2.75, 3.05) is 42.7 Å². The van der Waals surface area contributed by atoms with Gasteiger partial charge in [0, 0.05) is 25.3 Å². The van der Waals surface area contributed by atoms with Crippen molar-refractivity contribution in [1.82, 2.24) is 0 Å². The van der Waals surface area contributed by atoms with Crippen LogP contribution in [-0.2, 0) is 6.42 Å². The molecule has 0 saturated carbocycles. The molecular formula is C20H27N3O. The van der Waals surface area contributed by atoms with Crippen LogP contribution in [0.2, 0.25) is 0 Å². The predicted molar refractivity (Wildman–Crippen MR) is 102 cm³/mol. The van der Waals surface area contributed by atoms with Crippen molar-refractivity contribution in [2.24, 2.45) is 0 Å². The zero-order valence-electron chi connectivity index (χ0n) is 14.4. The smallest absolute Gasteiger partial charge is 0.119 e. The van der Waals surface area contributed by atoms with Crippen molar-refractivity contribution in [3.63, 3.8) is 0 Å². The first-order chi connectivity index (χ1) is 11.8. The number of hydrogen-bond acceptors (Lipinski definition) is 4. The van der Waals surface area contributed by atoms with E-state index in [0.717, 1.165) is 49.6 Å². The Hall–Kier alpha value is -2.36. The number of nitrogens with two attached hydrogens (primary N) is 1. The second-order valence-electron chi connectivity index (χ2n) is 6.35.